The van der Waals surface area contributed by atoms with Crippen LogP contribution < -0.4 is 5.32 Å². The number of likely N-dealkylation sites (tertiary alicyclic amines) is 2. The summed E-state index contributed by atoms with van der Waals surface area (Å²) < 4.78 is 17.3. The largest absolute Gasteiger partial charge is 0.453 e. The number of carbonyl (C=O) groups excluding carboxylic acids is 3. The molecular weight excluding hydrogens is 927 g/mol. The number of nitrogens with one attached hydrogen (secondary N) is 3. The summed E-state index contributed by atoms with van der Waals surface area (Å²) in [6, 6.07) is 12.7. The van der Waals surface area contributed by atoms with E-state index in [-0.39, 0.29) is 128 Å². The standard InChI is InChI=1S/C45H55N7O6.6H2S/c1-27(2)29(5)41(53)51-25-45(18-8-20-58-45)23-37(51)40-47-33-16-13-31(21-34(33)48-40)10-9-30-11-14-32(15-12-30)35-24-46-39(49-35)36-22-44(17-7-19-57-44)26-52(36)42(54)38(28(3)4)50-43(55)56-6;;;;;;/h11-16,21,24,27-29,36-38H,7-8,17-20,22-23,25-26H2,1-6H3,(H,46,49)(H,47,48)(H,50,55);6*1H2/t29-,36-,37-,38-,44-,45-;;;;;;/m0....../s1. The van der Waals surface area contributed by atoms with Crippen LogP contribution in [0.15, 0.2) is 48.7 Å². The molecule has 0 radical (unpaired) electrons. The molecule has 0 saturated carbocycles. The van der Waals surface area contributed by atoms with Crippen LogP contribution in [0.4, 0.5) is 4.79 Å². The van der Waals surface area contributed by atoms with Gasteiger partial charge in [-0.1, -0.05) is 58.6 Å². The Morgan fingerprint density at radius 2 is 1.33 bits per heavy atom. The molecule has 354 valence electrons. The molecular formula is C45H67N7O6S6. The van der Waals surface area contributed by atoms with Crippen LogP contribution in [0.5, 0.6) is 0 Å². The predicted molar refractivity (Wildman–Crippen MR) is 281 cm³/mol. The van der Waals surface area contributed by atoms with Gasteiger partial charge < -0.3 is 39.3 Å². The fraction of sp³-hybridized carbons (Fsp3) is 0.533. The van der Waals surface area contributed by atoms with E-state index in [1.54, 1.807) is 6.20 Å². The molecule has 2 spiro atoms. The fourth-order valence-corrected chi connectivity index (χ4v) is 9.15. The third-order valence-corrected chi connectivity index (χ3v) is 12.8. The van der Waals surface area contributed by atoms with Crippen molar-refractivity contribution in [2.75, 3.05) is 33.4 Å². The van der Waals surface area contributed by atoms with Crippen LogP contribution in [0.2, 0.25) is 0 Å². The molecule has 6 atom stereocenters. The summed E-state index contributed by atoms with van der Waals surface area (Å²) in [5.41, 5.74) is 4.49. The number of nitrogens with zero attached hydrogens (tertiary/aromatic N) is 4. The highest BCUT2D eigenvalue weighted by molar-refractivity contribution is 7.60. The van der Waals surface area contributed by atoms with Gasteiger partial charge in [0.05, 0.1) is 66.4 Å². The van der Waals surface area contributed by atoms with Crippen molar-refractivity contribution in [1.82, 2.24) is 35.1 Å². The maximum atomic E-state index is 14.0. The minimum absolute atomic E-state index is 0. The van der Waals surface area contributed by atoms with Crippen LogP contribution in [0.1, 0.15) is 108 Å². The number of amides is 3. The van der Waals surface area contributed by atoms with Crippen LogP contribution in [-0.2, 0) is 23.8 Å². The molecule has 2 aromatic carbocycles. The van der Waals surface area contributed by atoms with Crippen molar-refractivity contribution < 1.29 is 28.6 Å². The van der Waals surface area contributed by atoms with Crippen LogP contribution in [0, 0.1) is 29.6 Å². The van der Waals surface area contributed by atoms with Gasteiger partial charge in [-0.25, -0.2) is 14.8 Å². The van der Waals surface area contributed by atoms with Crippen molar-refractivity contribution in [2.24, 2.45) is 17.8 Å². The van der Waals surface area contributed by atoms with Crippen molar-refractivity contribution in [2.45, 2.75) is 102 Å². The first kappa shape index (κ1) is 57.0. The number of rotatable bonds is 8. The molecule has 0 aliphatic carbocycles. The minimum Gasteiger partial charge on any atom is -0.453 e. The fourth-order valence-electron chi connectivity index (χ4n) is 9.15. The number of benzene rings is 2. The highest BCUT2D eigenvalue weighted by atomic mass is 32.1. The number of hydrogen-bond acceptors (Lipinski definition) is 8. The van der Waals surface area contributed by atoms with Crippen molar-refractivity contribution in [3.05, 3.63) is 71.4 Å². The van der Waals surface area contributed by atoms with Crippen LogP contribution in [0.3, 0.4) is 0 Å². The van der Waals surface area contributed by atoms with Crippen molar-refractivity contribution in [1.29, 1.82) is 0 Å². The van der Waals surface area contributed by atoms with E-state index >= 15 is 0 Å². The maximum Gasteiger partial charge on any atom is 0.407 e. The lowest BCUT2D eigenvalue weighted by Gasteiger charge is -2.30. The van der Waals surface area contributed by atoms with Gasteiger partial charge in [0.25, 0.3) is 0 Å². The van der Waals surface area contributed by atoms with Gasteiger partial charge in [-0.05, 0) is 73.4 Å². The SMILES string of the molecule is COC(=O)N[C@H](C(=O)N1C[C@]2(CCCO2)C[C@H]1c1ncc(-c2ccc(C#Cc3ccc4nc([C@@H]5C[C@@]6(CCCO6)CN5C(=O)[C@@H](C)C(C)C)[nH]c4c3)cc2)[nH]1)C(C)C.S.S.S.S.S.S. The van der Waals surface area contributed by atoms with Gasteiger partial charge in [0.2, 0.25) is 11.8 Å². The van der Waals surface area contributed by atoms with E-state index in [1.807, 2.05) is 73.0 Å². The summed E-state index contributed by atoms with van der Waals surface area (Å²) in [5, 5.41) is 2.73. The zero-order valence-electron chi connectivity index (χ0n) is 37.4. The van der Waals surface area contributed by atoms with Gasteiger partial charge in [0, 0.05) is 43.1 Å². The number of aromatic amines is 2. The molecule has 4 aliphatic rings. The summed E-state index contributed by atoms with van der Waals surface area (Å²) in [5.74, 6) is 8.08. The molecule has 3 amide bonds. The molecule has 3 N–H and O–H groups in total. The second-order valence-corrected chi connectivity index (χ2v) is 17.4. The number of fused-ring (bicyclic) bond motifs is 1. The second-order valence-electron chi connectivity index (χ2n) is 17.4. The lowest BCUT2D eigenvalue weighted by atomic mass is 9.96. The second kappa shape index (κ2) is 23.6. The molecule has 64 heavy (non-hydrogen) atoms. The van der Waals surface area contributed by atoms with Crippen LogP contribution in [0.25, 0.3) is 22.3 Å². The van der Waals surface area contributed by atoms with Gasteiger partial charge in [0.1, 0.15) is 17.7 Å². The Morgan fingerprint density at radius 3 is 1.88 bits per heavy atom. The van der Waals surface area contributed by atoms with Crippen LogP contribution in [-0.4, -0.2) is 98.3 Å². The quantitative estimate of drug-likeness (QED) is 0.155. The lowest BCUT2D eigenvalue weighted by Crippen LogP contribution is -2.51. The Balaban J connectivity index is 0.00000235. The molecule has 8 rings (SSSR count). The summed E-state index contributed by atoms with van der Waals surface area (Å²) in [7, 11) is 1.29. The van der Waals surface area contributed by atoms with Gasteiger partial charge in [-0.2, -0.15) is 81.0 Å². The number of H-pyrrole nitrogens is 2. The number of methoxy groups -OCH3 is 1. The maximum absolute atomic E-state index is 14.0. The third kappa shape index (κ3) is 11.7. The Labute approximate surface area is 419 Å². The number of alkyl carbamates (subject to hydrolysis) is 1. The van der Waals surface area contributed by atoms with Gasteiger partial charge >= 0.3 is 6.09 Å². The van der Waals surface area contributed by atoms with E-state index in [0.717, 1.165) is 78.0 Å². The molecule has 6 heterocycles. The molecule has 2 aromatic heterocycles. The Kier molecular flexibility index (Phi) is 21.0. The monoisotopic (exact) mass is 993 g/mol. The first-order chi connectivity index (χ1) is 27.9. The van der Waals surface area contributed by atoms with E-state index < -0.39 is 17.7 Å². The average molecular weight is 994 g/mol. The van der Waals surface area contributed by atoms with Gasteiger partial charge in [0.15, 0.2) is 0 Å². The summed E-state index contributed by atoms with van der Waals surface area (Å²) >= 11 is 0. The molecule has 13 nitrogen and oxygen atoms in total. The number of hydrogen-bond donors (Lipinski definition) is 3. The Bertz CT molecular complexity index is 2250. The lowest BCUT2D eigenvalue weighted by molar-refractivity contribution is -0.138. The molecule has 4 saturated heterocycles. The molecule has 0 unspecified atom stereocenters. The molecule has 0 bridgehead atoms. The third-order valence-electron chi connectivity index (χ3n) is 12.8. The van der Waals surface area contributed by atoms with E-state index in [0.29, 0.717) is 31.9 Å². The molecule has 4 aromatic rings. The van der Waals surface area contributed by atoms with E-state index in [2.05, 4.69) is 41.0 Å². The molecule has 4 fully saturated rings. The van der Waals surface area contributed by atoms with Gasteiger partial charge in [-0.15, -0.1) is 0 Å². The highest BCUT2D eigenvalue weighted by Gasteiger charge is 2.52. The first-order valence-corrected chi connectivity index (χ1v) is 20.8. The van der Waals surface area contributed by atoms with Crippen molar-refractivity contribution >= 4 is 110 Å². The normalized spacial score (nSPS) is 22.9. The topological polar surface area (TPSA) is 155 Å². The smallest absolute Gasteiger partial charge is 0.407 e. The van der Waals surface area contributed by atoms with Crippen molar-refractivity contribution in [3.8, 4) is 23.1 Å². The van der Waals surface area contributed by atoms with Crippen molar-refractivity contribution in [3.63, 3.8) is 0 Å². The Hall–Kier alpha value is -3.09. The van der Waals surface area contributed by atoms with E-state index in [9.17, 15) is 14.4 Å². The average Bonchev–Trinajstić information content (AvgIpc) is 4.09. The molecule has 19 heteroatoms. The first-order valence-electron chi connectivity index (χ1n) is 20.8. The molecule has 4 aliphatic heterocycles. The summed E-state index contributed by atoms with van der Waals surface area (Å²) in [6.45, 7) is 12.5. The number of carbonyl (C=O) groups is 3. The van der Waals surface area contributed by atoms with E-state index in [4.69, 9.17) is 24.2 Å². The van der Waals surface area contributed by atoms with E-state index in [1.165, 1.54) is 7.11 Å². The van der Waals surface area contributed by atoms with Crippen LogP contribution >= 0.6 is 81.0 Å². The zero-order chi connectivity index (χ0) is 40.8. The minimum atomic E-state index is -0.744. The predicted octanol–water partition coefficient (Wildman–Crippen LogP) is 7.35. The number of ether oxygens (including phenoxy) is 3. The zero-order valence-corrected chi connectivity index (χ0v) is 43.4. The number of aromatic nitrogens is 4. The highest BCUT2D eigenvalue weighted by Crippen LogP contribution is 2.46. The Morgan fingerprint density at radius 1 is 0.766 bits per heavy atom. The number of imidazole rings is 2. The summed E-state index contributed by atoms with van der Waals surface area (Å²) in [4.78, 5) is 60.4. The van der Waals surface area contributed by atoms with Gasteiger partial charge in [-0.3, -0.25) is 9.59 Å². The summed E-state index contributed by atoms with van der Waals surface area (Å²) in [6.07, 6.45) is 6.32.